The van der Waals surface area contributed by atoms with Crippen molar-refractivity contribution in [2.45, 2.75) is 115 Å². The molecule has 3 N–H and O–H groups in total. The van der Waals surface area contributed by atoms with Crippen LogP contribution in [0.5, 0.6) is 0 Å². The van der Waals surface area contributed by atoms with Crippen molar-refractivity contribution in [1.82, 2.24) is 44.8 Å². The minimum absolute atomic E-state index is 0.0429. The SMILES string of the molecule is CC(C)CNC[C@H]1O[C@@H](n2ncc3c(NCc4ccccc4Cl)nc(Cl)nc32)[C@@H]2OC(C)(C)O[C@@H]21.CC1(C)O[C@@H]2[C@H](O1)[C@@H](C=O)O[C@H]2n1ncc2c(NCc3ccccc3Cl)nc(Cl)nc21. The summed E-state index contributed by atoms with van der Waals surface area (Å²) in [5, 5.41) is 21.9. The number of halogens is 4. The number of aldehydes is 1. The van der Waals surface area contributed by atoms with Crippen LogP contribution in [0.25, 0.3) is 22.1 Å². The summed E-state index contributed by atoms with van der Waals surface area (Å²) in [5.74, 6) is 0.0537. The first-order valence-corrected chi connectivity index (χ1v) is 23.0. The van der Waals surface area contributed by atoms with E-state index in [0.29, 0.717) is 70.2 Å². The first kappa shape index (κ1) is 46.8. The van der Waals surface area contributed by atoms with Gasteiger partial charge in [-0.25, -0.2) is 9.36 Å². The van der Waals surface area contributed by atoms with Crippen molar-refractivity contribution >= 4 is 86.4 Å². The predicted molar refractivity (Wildman–Crippen MR) is 247 cm³/mol. The van der Waals surface area contributed by atoms with E-state index in [9.17, 15) is 4.79 Å². The fraction of sp³-hybridized carbons (Fsp3) is 0.477. The second-order valence-corrected chi connectivity index (χ2v) is 19.1. The molecule has 66 heavy (non-hydrogen) atoms. The van der Waals surface area contributed by atoms with Gasteiger partial charge in [-0.1, -0.05) is 73.4 Å². The summed E-state index contributed by atoms with van der Waals surface area (Å²) in [6.07, 6.45) is 0.218. The molecule has 4 aliphatic heterocycles. The first-order chi connectivity index (χ1) is 31.6. The molecule has 8 heterocycles. The van der Waals surface area contributed by atoms with E-state index in [1.54, 1.807) is 35.6 Å². The minimum atomic E-state index is -0.837. The molecule has 18 nitrogen and oxygen atoms in total. The highest BCUT2D eigenvalue weighted by molar-refractivity contribution is 6.31. The van der Waals surface area contributed by atoms with Gasteiger partial charge in [0.15, 0.2) is 41.6 Å². The minimum Gasteiger partial charge on any atom is -0.365 e. The Morgan fingerprint density at radius 2 is 1.14 bits per heavy atom. The Morgan fingerprint density at radius 3 is 1.64 bits per heavy atom. The van der Waals surface area contributed by atoms with E-state index in [1.165, 1.54) is 0 Å². The van der Waals surface area contributed by atoms with E-state index < -0.39 is 42.3 Å². The molecule has 6 aromatic rings. The van der Waals surface area contributed by atoms with Gasteiger partial charge in [0.25, 0.3) is 0 Å². The smallest absolute Gasteiger partial charge is 0.226 e. The molecule has 0 saturated carbocycles. The van der Waals surface area contributed by atoms with Crippen LogP contribution in [0.1, 0.15) is 65.1 Å². The van der Waals surface area contributed by atoms with Crippen LogP contribution in [0.4, 0.5) is 11.6 Å². The van der Waals surface area contributed by atoms with E-state index in [2.05, 4.69) is 59.9 Å². The van der Waals surface area contributed by atoms with Crippen molar-refractivity contribution < 1.29 is 33.2 Å². The van der Waals surface area contributed by atoms with E-state index in [4.69, 9.17) is 74.8 Å². The lowest BCUT2D eigenvalue weighted by Gasteiger charge is -2.24. The lowest BCUT2D eigenvalue weighted by molar-refractivity contribution is -0.197. The number of carbonyl (C=O) groups is 1. The number of nitrogens with zero attached hydrogens (tertiary/aromatic N) is 8. The summed E-state index contributed by atoms with van der Waals surface area (Å²) >= 11 is 25.1. The van der Waals surface area contributed by atoms with Crippen LogP contribution in [-0.2, 0) is 46.3 Å². The quantitative estimate of drug-likeness (QED) is 0.0749. The summed E-state index contributed by atoms with van der Waals surface area (Å²) in [7, 11) is 0. The summed E-state index contributed by atoms with van der Waals surface area (Å²) in [5.41, 5.74) is 2.86. The van der Waals surface area contributed by atoms with Crippen LogP contribution >= 0.6 is 46.4 Å². The average Bonchev–Trinajstić information content (AvgIpc) is 4.12. The molecule has 350 valence electrons. The lowest BCUT2D eigenvalue weighted by Crippen LogP contribution is -2.38. The molecule has 8 atom stereocenters. The first-order valence-electron chi connectivity index (χ1n) is 21.5. The predicted octanol–water partition coefficient (Wildman–Crippen LogP) is 7.77. The third-order valence-electron chi connectivity index (χ3n) is 11.4. The number of carbonyl (C=O) groups excluding carboxylic acids is 1. The highest BCUT2D eigenvalue weighted by Gasteiger charge is 2.57. The van der Waals surface area contributed by atoms with Crippen LogP contribution in [0.3, 0.4) is 0 Å². The molecule has 0 radical (unpaired) electrons. The van der Waals surface area contributed by atoms with E-state index in [1.807, 2.05) is 62.4 Å². The topological polar surface area (TPSA) is 196 Å². The number of benzene rings is 2. The van der Waals surface area contributed by atoms with Crippen molar-refractivity contribution in [3.05, 3.63) is 92.7 Å². The second-order valence-electron chi connectivity index (χ2n) is 17.6. The molecular formula is C44H49Cl4N11O7. The van der Waals surface area contributed by atoms with Crippen molar-refractivity contribution in [3.63, 3.8) is 0 Å². The Kier molecular flexibility index (Phi) is 13.5. The Morgan fingerprint density at radius 1 is 0.667 bits per heavy atom. The monoisotopic (exact) mass is 983 g/mol. The molecule has 4 aromatic heterocycles. The molecule has 0 amide bonds. The second kappa shape index (κ2) is 19.0. The number of aromatic nitrogens is 8. The van der Waals surface area contributed by atoms with Crippen LogP contribution in [0, 0.1) is 5.92 Å². The van der Waals surface area contributed by atoms with Crippen molar-refractivity contribution in [2.75, 3.05) is 23.7 Å². The molecule has 4 saturated heterocycles. The Bertz CT molecular complexity index is 2720. The summed E-state index contributed by atoms with van der Waals surface area (Å²) < 4.78 is 39.9. The number of fused-ring (bicyclic) bond motifs is 4. The van der Waals surface area contributed by atoms with Gasteiger partial charge in [0.05, 0.1) is 23.2 Å². The molecule has 0 aliphatic carbocycles. The lowest BCUT2D eigenvalue weighted by atomic mass is 10.1. The number of rotatable bonds is 13. The zero-order valence-electron chi connectivity index (χ0n) is 36.8. The summed E-state index contributed by atoms with van der Waals surface area (Å²) in [6.45, 7) is 14.2. The van der Waals surface area contributed by atoms with Crippen molar-refractivity contribution in [1.29, 1.82) is 0 Å². The zero-order chi connectivity index (χ0) is 46.5. The van der Waals surface area contributed by atoms with E-state index in [-0.39, 0.29) is 28.9 Å². The van der Waals surface area contributed by atoms with Crippen LogP contribution in [-0.4, -0.2) is 107 Å². The molecule has 4 aliphatic rings. The van der Waals surface area contributed by atoms with Gasteiger partial charge in [0.2, 0.25) is 10.6 Å². The molecule has 2 aromatic carbocycles. The molecule has 0 unspecified atom stereocenters. The van der Waals surface area contributed by atoms with Crippen LogP contribution in [0.2, 0.25) is 20.6 Å². The highest BCUT2D eigenvalue weighted by atomic mass is 35.5. The van der Waals surface area contributed by atoms with Gasteiger partial charge in [-0.05, 0) is 86.6 Å². The van der Waals surface area contributed by atoms with Gasteiger partial charge in [-0.2, -0.15) is 30.1 Å². The van der Waals surface area contributed by atoms with Crippen molar-refractivity contribution in [3.8, 4) is 0 Å². The fourth-order valence-electron chi connectivity index (χ4n) is 8.53. The van der Waals surface area contributed by atoms with E-state index >= 15 is 0 Å². The number of nitrogens with one attached hydrogen (secondary N) is 3. The van der Waals surface area contributed by atoms with Gasteiger partial charge in [-0.15, -0.1) is 0 Å². The molecule has 10 rings (SSSR count). The van der Waals surface area contributed by atoms with Gasteiger partial charge in [0, 0.05) is 29.7 Å². The zero-order valence-corrected chi connectivity index (χ0v) is 39.8. The molecule has 22 heteroatoms. The fourth-order valence-corrected chi connectivity index (χ4v) is 9.26. The summed E-state index contributed by atoms with van der Waals surface area (Å²) in [4.78, 5) is 29.0. The maximum absolute atomic E-state index is 11.5. The molecule has 0 bridgehead atoms. The van der Waals surface area contributed by atoms with Gasteiger partial charge in [-0.3, -0.25) is 0 Å². The van der Waals surface area contributed by atoms with Crippen molar-refractivity contribution in [2.24, 2.45) is 5.92 Å². The van der Waals surface area contributed by atoms with Gasteiger partial charge >= 0.3 is 0 Å². The van der Waals surface area contributed by atoms with Gasteiger partial charge in [0.1, 0.15) is 48.3 Å². The average molecular weight is 986 g/mol. The largest absolute Gasteiger partial charge is 0.365 e. The number of hydrogen-bond acceptors (Lipinski definition) is 16. The number of ether oxygens (including phenoxy) is 6. The molecular weight excluding hydrogens is 936 g/mol. The maximum Gasteiger partial charge on any atom is 0.226 e. The Balaban J connectivity index is 0.000000167. The van der Waals surface area contributed by atoms with Gasteiger partial charge < -0.3 is 49.2 Å². The standard InChI is InChI=1S/C24H30Cl2N6O3.C20H19Cl2N5O4/c1-13(2)9-27-12-17-18-19(35-24(3,4)34-18)22(33-17)32-21-15(11-29-32)20(30-23(26)31-21)28-10-14-7-5-6-8-16(14)25;1-20(2)30-14-13(9-28)29-18(15(14)31-20)27-17-11(8-24-27)16(25-19(22)26-17)23-7-10-5-3-4-6-12(10)21/h5-8,11,13,17-19,22,27H,9-10,12H2,1-4H3,(H,28,30,31);3-6,8-9,13-15,18H,7H2,1-2H3,(H,23,25,26)/t17-,18-,19-,22-;13-,14-,15-,18-/m11/s1. The Hall–Kier alpha value is -4.31. The third kappa shape index (κ3) is 9.69. The number of hydrogen-bond donors (Lipinski definition) is 3. The normalized spacial score (nSPS) is 26.1. The number of anilines is 2. The third-order valence-corrected chi connectivity index (χ3v) is 12.4. The molecule has 4 fully saturated rings. The van der Waals surface area contributed by atoms with Crippen LogP contribution < -0.4 is 16.0 Å². The van der Waals surface area contributed by atoms with E-state index in [0.717, 1.165) is 23.1 Å². The highest BCUT2D eigenvalue weighted by Crippen LogP contribution is 2.45. The molecule has 0 spiro atoms. The van der Waals surface area contributed by atoms with Crippen LogP contribution in [0.15, 0.2) is 60.9 Å². The maximum atomic E-state index is 11.5. The Labute approximate surface area is 400 Å². The summed E-state index contributed by atoms with van der Waals surface area (Å²) in [6, 6.07) is 15.2.